The average Bonchev–Trinajstić information content (AvgIpc) is 2.25. The molecule has 0 radical (unpaired) electrons. The van der Waals surface area contributed by atoms with Crippen molar-refractivity contribution < 1.29 is 0 Å². The van der Waals surface area contributed by atoms with Gasteiger partial charge in [-0.1, -0.05) is 43.9 Å². The highest BCUT2D eigenvalue weighted by Crippen LogP contribution is 2.21. The molecule has 0 aliphatic carbocycles. The van der Waals surface area contributed by atoms with Crippen molar-refractivity contribution >= 4 is 5.57 Å². The summed E-state index contributed by atoms with van der Waals surface area (Å²) in [4.78, 5) is 0. The van der Waals surface area contributed by atoms with Gasteiger partial charge in [0.2, 0.25) is 0 Å². The molecule has 0 heterocycles. The predicted molar refractivity (Wildman–Crippen MR) is 72.2 cm³/mol. The zero-order valence-electron chi connectivity index (χ0n) is 10.6. The summed E-state index contributed by atoms with van der Waals surface area (Å²) >= 11 is 0. The van der Waals surface area contributed by atoms with E-state index in [1.165, 1.54) is 16.7 Å². The molecule has 0 aliphatic rings. The first kappa shape index (κ1) is 12.6. The highest BCUT2D eigenvalue weighted by Gasteiger charge is 2.06. The van der Waals surface area contributed by atoms with Crippen LogP contribution >= 0.6 is 0 Å². The Labute approximate surface area is 98.9 Å². The van der Waals surface area contributed by atoms with Crippen LogP contribution in [0.2, 0.25) is 0 Å². The van der Waals surface area contributed by atoms with Crippen LogP contribution in [0.3, 0.4) is 0 Å². The number of rotatable bonds is 5. The van der Waals surface area contributed by atoms with Crippen LogP contribution in [-0.4, -0.2) is 0 Å². The Bertz CT molecular complexity index is 402. The van der Waals surface area contributed by atoms with E-state index in [-0.39, 0.29) is 0 Å². The Morgan fingerprint density at radius 3 is 2.44 bits per heavy atom. The molecule has 0 bridgehead atoms. The molecule has 1 heteroatoms. The van der Waals surface area contributed by atoms with Gasteiger partial charge < -0.3 is 5.32 Å². The number of nitrogens with one attached hydrogen (secondary N) is 1. The molecule has 1 aromatic carbocycles. The predicted octanol–water partition coefficient (Wildman–Crippen LogP) is 3.91. The number of hydrogen-bond donors (Lipinski definition) is 1. The minimum absolute atomic E-state index is 0.847. The van der Waals surface area contributed by atoms with Gasteiger partial charge in [0.05, 0.1) is 0 Å². The topological polar surface area (TPSA) is 12.0 Å². The minimum Gasteiger partial charge on any atom is -0.385 e. The van der Waals surface area contributed by atoms with Crippen LogP contribution in [0.25, 0.3) is 5.57 Å². The van der Waals surface area contributed by atoms with Crippen LogP contribution in [0.15, 0.2) is 37.1 Å². The molecule has 0 unspecified atom stereocenters. The van der Waals surface area contributed by atoms with Crippen molar-refractivity contribution in [3.63, 3.8) is 0 Å². The fourth-order valence-corrected chi connectivity index (χ4v) is 1.86. The summed E-state index contributed by atoms with van der Waals surface area (Å²) in [5, 5.41) is 3.28. The van der Waals surface area contributed by atoms with Crippen LogP contribution in [0, 0.1) is 0 Å². The van der Waals surface area contributed by atoms with Crippen molar-refractivity contribution in [1.29, 1.82) is 0 Å². The molecule has 0 atom stereocenters. The van der Waals surface area contributed by atoms with Crippen LogP contribution in [0.5, 0.6) is 0 Å². The standard InChI is InChI=1S/C15H21N/c1-6-14-13(10-16-12(4)5)8-7-9-15(14)11(2)3/h7-9,16H,2,4,6,10H2,1,3,5H3. The SMILES string of the molecule is C=C(C)NCc1cccc(C(=C)C)c1CC. The quantitative estimate of drug-likeness (QED) is 0.785. The molecule has 86 valence electrons. The Kier molecular flexibility index (Phi) is 4.36. The van der Waals surface area contributed by atoms with Crippen LogP contribution in [0.4, 0.5) is 0 Å². The second kappa shape index (κ2) is 5.55. The molecule has 0 fully saturated rings. The third kappa shape index (κ3) is 2.99. The molecule has 0 saturated carbocycles. The van der Waals surface area contributed by atoms with Gasteiger partial charge in [-0.25, -0.2) is 0 Å². The maximum atomic E-state index is 4.03. The molecule has 0 spiro atoms. The van der Waals surface area contributed by atoms with Gasteiger partial charge in [-0.05, 0) is 37.0 Å². The van der Waals surface area contributed by atoms with Gasteiger partial charge in [0.1, 0.15) is 0 Å². The molecule has 1 N–H and O–H groups in total. The molecule has 0 amide bonds. The van der Waals surface area contributed by atoms with E-state index in [9.17, 15) is 0 Å². The summed E-state index contributed by atoms with van der Waals surface area (Å²) < 4.78 is 0. The molecule has 1 rings (SSSR count). The molecular formula is C15H21N. The fourth-order valence-electron chi connectivity index (χ4n) is 1.86. The Morgan fingerprint density at radius 1 is 1.25 bits per heavy atom. The van der Waals surface area contributed by atoms with E-state index < -0.39 is 0 Å². The van der Waals surface area contributed by atoms with Crippen LogP contribution < -0.4 is 5.32 Å². The first-order valence-corrected chi connectivity index (χ1v) is 5.72. The maximum Gasteiger partial charge on any atom is 0.0400 e. The summed E-state index contributed by atoms with van der Waals surface area (Å²) in [6.45, 7) is 15.0. The first-order chi connectivity index (χ1) is 7.56. The summed E-state index contributed by atoms with van der Waals surface area (Å²) in [5.41, 5.74) is 6.15. The summed E-state index contributed by atoms with van der Waals surface area (Å²) in [6, 6.07) is 6.41. The lowest BCUT2D eigenvalue weighted by atomic mass is 9.95. The van der Waals surface area contributed by atoms with E-state index in [1.807, 2.05) is 6.92 Å². The molecule has 0 saturated heterocycles. The van der Waals surface area contributed by atoms with Crippen molar-refractivity contribution in [3.8, 4) is 0 Å². The maximum absolute atomic E-state index is 4.03. The Balaban J connectivity index is 3.04. The highest BCUT2D eigenvalue weighted by atomic mass is 14.9. The van der Waals surface area contributed by atoms with Gasteiger partial charge in [0.15, 0.2) is 0 Å². The molecule has 16 heavy (non-hydrogen) atoms. The average molecular weight is 215 g/mol. The van der Waals surface area contributed by atoms with Gasteiger partial charge in [-0.2, -0.15) is 0 Å². The Morgan fingerprint density at radius 2 is 1.94 bits per heavy atom. The van der Waals surface area contributed by atoms with E-state index >= 15 is 0 Å². The van der Waals surface area contributed by atoms with Crippen molar-refractivity contribution in [2.45, 2.75) is 33.7 Å². The molecule has 0 aliphatic heterocycles. The van der Waals surface area contributed by atoms with E-state index in [1.54, 1.807) is 0 Å². The van der Waals surface area contributed by atoms with Gasteiger partial charge >= 0.3 is 0 Å². The van der Waals surface area contributed by atoms with E-state index in [0.717, 1.165) is 24.2 Å². The number of allylic oxidation sites excluding steroid dienone is 2. The smallest absolute Gasteiger partial charge is 0.0400 e. The second-order valence-electron chi connectivity index (χ2n) is 4.21. The monoisotopic (exact) mass is 215 g/mol. The van der Waals surface area contributed by atoms with Gasteiger partial charge in [-0.15, -0.1) is 0 Å². The van der Waals surface area contributed by atoms with Crippen molar-refractivity contribution in [2.24, 2.45) is 0 Å². The van der Waals surface area contributed by atoms with Gasteiger partial charge in [0, 0.05) is 12.2 Å². The minimum atomic E-state index is 0.847. The van der Waals surface area contributed by atoms with E-state index in [2.05, 4.69) is 50.5 Å². The third-order valence-electron chi connectivity index (χ3n) is 2.67. The summed E-state index contributed by atoms with van der Waals surface area (Å²) in [6.07, 6.45) is 1.04. The second-order valence-corrected chi connectivity index (χ2v) is 4.21. The van der Waals surface area contributed by atoms with E-state index in [4.69, 9.17) is 0 Å². The van der Waals surface area contributed by atoms with Gasteiger partial charge in [0.25, 0.3) is 0 Å². The molecular weight excluding hydrogens is 194 g/mol. The van der Waals surface area contributed by atoms with Crippen molar-refractivity contribution in [2.75, 3.05) is 0 Å². The Hall–Kier alpha value is -1.50. The lowest BCUT2D eigenvalue weighted by Gasteiger charge is -2.14. The first-order valence-electron chi connectivity index (χ1n) is 5.72. The molecule has 0 aromatic heterocycles. The molecule has 1 nitrogen and oxygen atoms in total. The summed E-state index contributed by atoms with van der Waals surface area (Å²) in [7, 11) is 0. The lowest BCUT2D eigenvalue weighted by molar-refractivity contribution is 0.803. The highest BCUT2D eigenvalue weighted by molar-refractivity contribution is 5.65. The zero-order chi connectivity index (χ0) is 12.1. The summed E-state index contributed by atoms with van der Waals surface area (Å²) in [5.74, 6) is 0. The number of benzene rings is 1. The largest absolute Gasteiger partial charge is 0.385 e. The number of hydrogen-bond acceptors (Lipinski definition) is 1. The van der Waals surface area contributed by atoms with Gasteiger partial charge in [-0.3, -0.25) is 0 Å². The fraction of sp³-hybridized carbons (Fsp3) is 0.333. The third-order valence-corrected chi connectivity index (χ3v) is 2.67. The molecule has 1 aromatic rings. The van der Waals surface area contributed by atoms with Crippen LogP contribution in [-0.2, 0) is 13.0 Å². The van der Waals surface area contributed by atoms with E-state index in [0.29, 0.717) is 0 Å². The normalized spacial score (nSPS) is 9.94. The van der Waals surface area contributed by atoms with Crippen LogP contribution in [0.1, 0.15) is 37.5 Å². The lowest BCUT2D eigenvalue weighted by Crippen LogP contribution is -2.11. The van der Waals surface area contributed by atoms with Crippen molar-refractivity contribution in [1.82, 2.24) is 5.32 Å². The zero-order valence-corrected chi connectivity index (χ0v) is 10.6. The van der Waals surface area contributed by atoms with Crippen molar-refractivity contribution in [3.05, 3.63) is 53.7 Å².